The molecule has 0 aromatic heterocycles. The van der Waals surface area contributed by atoms with Gasteiger partial charge in [-0.15, -0.1) is 12.4 Å². The fourth-order valence-electron chi connectivity index (χ4n) is 1.24. The zero-order valence-electron chi connectivity index (χ0n) is 7.58. The Morgan fingerprint density at radius 3 is 1.75 bits per heavy atom. The summed E-state index contributed by atoms with van der Waals surface area (Å²) in [7, 11) is 1.35. The van der Waals surface area contributed by atoms with Gasteiger partial charge in [-0.2, -0.15) is 0 Å². The average molecular weight is 194 g/mol. The summed E-state index contributed by atoms with van der Waals surface area (Å²) >= 11 is 0. The molecule has 0 spiro atoms. The first-order chi connectivity index (χ1) is 5.24. The molecule has 0 atom stereocenters. The van der Waals surface area contributed by atoms with Gasteiger partial charge in [-0.1, -0.05) is 0 Å². The highest BCUT2D eigenvalue weighted by molar-refractivity contribution is 5.85. The van der Waals surface area contributed by atoms with Crippen LogP contribution in [-0.4, -0.2) is 37.1 Å². The van der Waals surface area contributed by atoms with Crippen LogP contribution in [0.5, 0.6) is 0 Å². The third-order valence-electron chi connectivity index (χ3n) is 2.30. The molecule has 3 nitrogen and oxygen atoms in total. The van der Waals surface area contributed by atoms with Crippen LogP contribution in [0.25, 0.3) is 0 Å². The summed E-state index contributed by atoms with van der Waals surface area (Å²) in [6.07, 6.45) is 2.97. The zero-order valence-corrected chi connectivity index (χ0v) is 8.39. The molecule has 0 unspecified atom stereocenters. The number of piperidine rings is 1. The Bertz CT molecular complexity index is 134. The van der Waals surface area contributed by atoms with Crippen LogP contribution >= 0.6 is 12.4 Å². The summed E-state index contributed by atoms with van der Waals surface area (Å²) in [5.41, 5.74) is 0. The molecule has 2 rings (SSSR count). The zero-order chi connectivity index (χ0) is 8.27. The van der Waals surface area contributed by atoms with E-state index in [1.165, 1.54) is 40.0 Å². The van der Waals surface area contributed by atoms with Gasteiger partial charge in [0.2, 0.25) is 0 Å². The Morgan fingerprint density at radius 2 is 1.75 bits per heavy atom. The lowest BCUT2D eigenvalue weighted by atomic mass is 9.91. The van der Waals surface area contributed by atoms with Gasteiger partial charge in [-0.3, -0.25) is 4.79 Å². The number of fused-ring (bicyclic) bond motifs is 1. The Hall–Kier alpha value is -0.280. The molecule has 0 N–H and O–H groups in total. The van der Waals surface area contributed by atoms with E-state index in [4.69, 9.17) is 0 Å². The van der Waals surface area contributed by atoms with E-state index in [1.54, 1.807) is 0 Å². The fraction of sp³-hybridized carbons (Fsp3) is 0.875. The predicted octanol–water partition coefficient (Wildman–Crippen LogP) is 1.07. The molecular formula is C8H16ClNO2. The second kappa shape index (κ2) is 5.38. The maximum Gasteiger partial charge on any atom is 0.302 e. The van der Waals surface area contributed by atoms with Crippen molar-refractivity contribution < 1.29 is 9.53 Å². The monoisotopic (exact) mass is 193 g/mol. The van der Waals surface area contributed by atoms with Gasteiger partial charge in [0.25, 0.3) is 0 Å². The Balaban J connectivity index is 0.000000191. The highest BCUT2D eigenvalue weighted by atomic mass is 35.5. The Labute approximate surface area is 79.5 Å². The van der Waals surface area contributed by atoms with E-state index >= 15 is 0 Å². The summed E-state index contributed by atoms with van der Waals surface area (Å²) in [5.74, 6) is -0.245. The molecule has 2 saturated heterocycles. The standard InChI is InChI=1S/C5H9N.C3H6O2.ClH/c1-3-6-4-2-5(1)6;1-3(4)5-2;/h5H,1-4H2;1-2H3;1H. The second-order valence-electron chi connectivity index (χ2n) is 2.96. The smallest absolute Gasteiger partial charge is 0.302 e. The summed E-state index contributed by atoms with van der Waals surface area (Å²) in [6.45, 7) is 4.15. The predicted molar refractivity (Wildman–Crippen MR) is 49.5 cm³/mol. The SMILES string of the molecule is C1CN2CCC12.COC(C)=O.Cl. The van der Waals surface area contributed by atoms with Crippen LogP contribution in [0.1, 0.15) is 19.8 Å². The molecule has 0 radical (unpaired) electrons. The van der Waals surface area contributed by atoms with Crippen molar-refractivity contribution in [3.63, 3.8) is 0 Å². The normalized spacial score (nSPS) is 19.8. The van der Waals surface area contributed by atoms with Crippen LogP contribution in [-0.2, 0) is 9.53 Å². The molecule has 2 aliphatic heterocycles. The van der Waals surface area contributed by atoms with Crippen LogP contribution in [0, 0.1) is 0 Å². The summed E-state index contributed by atoms with van der Waals surface area (Å²) in [4.78, 5) is 12.1. The number of carbonyl (C=O) groups is 1. The summed E-state index contributed by atoms with van der Waals surface area (Å²) < 4.78 is 4.11. The highest BCUT2D eigenvalue weighted by Crippen LogP contribution is 2.28. The van der Waals surface area contributed by atoms with E-state index in [-0.39, 0.29) is 18.4 Å². The number of esters is 1. The number of rotatable bonds is 0. The number of nitrogens with zero attached hydrogens (tertiary/aromatic N) is 1. The molecule has 0 aromatic carbocycles. The van der Waals surface area contributed by atoms with Crippen LogP contribution in [0.2, 0.25) is 0 Å². The topological polar surface area (TPSA) is 29.5 Å². The van der Waals surface area contributed by atoms with Crippen molar-refractivity contribution in [2.45, 2.75) is 25.8 Å². The van der Waals surface area contributed by atoms with Gasteiger partial charge in [0.15, 0.2) is 0 Å². The molecule has 0 aromatic rings. The van der Waals surface area contributed by atoms with E-state index in [0.29, 0.717) is 0 Å². The molecule has 0 bridgehead atoms. The van der Waals surface area contributed by atoms with Crippen molar-refractivity contribution in [1.82, 2.24) is 4.90 Å². The molecule has 2 heterocycles. The minimum Gasteiger partial charge on any atom is -0.469 e. The van der Waals surface area contributed by atoms with Crippen molar-refractivity contribution in [3.05, 3.63) is 0 Å². The quantitative estimate of drug-likeness (QED) is 0.539. The van der Waals surface area contributed by atoms with Gasteiger partial charge in [-0.25, -0.2) is 0 Å². The Kier molecular flexibility index (Phi) is 5.25. The van der Waals surface area contributed by atoms with E-state index in [0.717, 1.165) is 6.04 Å². The molecule has 0 saturated carbocycles. The summed E-state index contributed by atoms with van der Waals surface area (Å²) in [6, 6.07) is 1.05. The first kappa shape index (κ1) is 11.7. The van der Waals surface area contributed by atoms with Gasteiger partial charge < -0.3 is 9.64 Å². The van der Waals surface area contributed by atoms with Crippen LogP contribution in [0.3, 0.4) is 0 Å². The molecule has 12 heavy (non-hydrogen) atoms. The maximum absolute atomic E-state index is 9.59. The van der Waals surface area contributed by atoms with Gasteiger partial charge in [0.1, 0.15) is 0 Å². The molecule has 72 valence electrons. The number of carbonyl (C=O) groups excluding carboxylic acids is 1. The van der Waals surface area contributed by atoms with E-state index in [9.17, 15) is 4.79 Å². The molecule has 2 aliphatic rings. The number of methoxy groups -OCH3 is 1. The third-order valence-corrected chi connectivity index (χ3v) is 2.30. The largest absolute Gasteiger partial charge is 0.469 e. The van der Waals surface area contributed by atoms with Crippen LogP contribution in [0.15, 0.2) is 0 Å². The average Bonchev–Trinajstić information content (AvgIpc) is 1.98. The Morgan fingerprint density at radius 1 is 1.42 bits per heavy atom. The van der Waals surface area contributed by atoms with Crippen molar-refractivity contribution >= 4 is 18.4 Å². The van der Waals surface area contributed by atoms with Gasteiger partial charge in [-0.05, 0) is 25.9 Å². The molecule has 0 aliphatic carbocycles. The van der Waals surface area contributed by atoms with Crippen molar-refractivity contribution in [1.29, 1.82) is 0 Å². The molecule has 4 heteroatoms. The number of hydrogen-bond donors (Lipinski definition) is 0. The minimum atomic E-state index is -0.245. The first-order valence-corrected chi connectivity index (χ1v) is 4.02. The van der Waals surface area contributed by atoms with Gasteiger partial charge in [0, 0.05) is 13.0 Å². The van der Waals surface area contributed by atoms with Crippen LogP contribution in [0.4, 0.5) is 0 Å². The first-order valence-electron chi connectivity index (χ1n) is 4.02. The highest BCUT2D eigenvalue weighted by Gasteiger charge is 2.34. The third kappa shape index (κ3) is 2.99. The second-order valence-corrected chi connectivity index (χ2v) is 2.96. The lowest BCUT2D eigenvalue weighted by molar-refractivity contribution is -0.137. The number of halogens is 1. The van der Waals surface area contributed by atoms with Gasteiger partial charge in [0.05, 0.1) is 7.11 Å². The maximum atomic E-state index is 9.59. The summed E-state index contributed by atoms with van der Waals surface area (Å²) in [5, 5.41) is 0. The lowest BCUT2D eigenvalue weighted by Gasteiger charge is -2.50. The van der Waals surface area contributed by atoms with E-state index < -0.39 is 0 Å². The van der Waals surface area contributed by atoms with Crippen molar-refractivity contribution in [3.8, 4) is 0 Å². The molecular weight excluding hydrogens is 178 g/mol. The fourth-order valence-corrected chi connectivity index (χ4v) is 1.24. The van der Waals surface area contributed by atoms with Crippen molar-refractivity contribution in [2.24, 2.45) is 0 Å². The number of ether oxygens (including phenoxy) is 1. The van der Waals surface area contributed by atoms with Crippen molar-refractivity contribution in [2.75, 3.05) is 20.2 Å². The molecule has 0 amide bonds. The number of hydrogen-bond acceptors (Lipinski definition) is 3. The van der Waals surface area contributed by atoms with E-state index in [2.05, 4.69) is 9.64 Å². The lowest BCUT2D eigenvalue weighted by Crippen LogP contribution is -2.57. The minimum absolute atomic E-state index is 0. The van der Waals surface area contributed by atoms with Gasteiger partial charge >= 0.3 is 5.97 Å². The molecule has 2 fully saturated rings. The van der Waals surface area contributed by atoms with Crippen LogP contribution < -0.4 is 0 Å². The van der Waals surface area contributed by atoms with E-state index in [1.807, 2.05) is 0 Å².